The lowest BCUT2D eigenvalue weighted by molar-refractivity contribution is 0.106. The van der Waals surface area contributed by atoms with Crippen LogP contribution in [0.25, 0.3) is 0 Å². The summed E-state index contributed by atoms with van der Waals surface area (Å²) in [6.07, 6.45) is 17.5. The Kier molecular flexibility index (Phi) is 6.75. The van der Waals surface area contributed by atoms with E-state index >= 15 is 0 Å². The van der Waals surface area contributed by atoms with E-state index in [-0.39, 0.29) is 18.1 Å². The minimum absolute atomic E-state index is 0.209. The van der Waals surface area contributed by atoms with Crippen LogP contribution < -0.4 is 10.6 Å². The quantitative estimate of drug-likeness (QED) is 0.745. The molecule has 0 aromatic rings. The molecule has 3 aliphatic carbocycles. The highest BCUT2D eigenvalue weighted by atomic mass is 16.2. The van der Waals surface area contributed by atoms with Crippen LogP contribution in [-0.4, -0.2) is 29.0 Å². The molecule has 3 aliphatic rings. The molecular formula is C21H33N3O2. The number of allylic oxidation sites excluding steroid dienone is 3. The molecule has 26 heavy (non-hydrogen) atoms. The molecule has 0 bridgehead atoms. The van der Waals surface area contributed by atoms with E-state index in [4.69, 9.17) is 0 Å². The van der Waals surface area contributed by atoms with E-state index in [1.54, 1.807) is 0 Å². The molecule has 5 heteroatoms. The number of nitrogens with zero attached hydrogens (tertiary/aromatic N) is 1. The summed E-state index contributed by atoms with van der Waals surface area (Å²) in [5.41, 5.74) is 1.98. The Hall–Kier alpha value is -1.78. The van der Waals surface area contributed by atoms with E-state index in [2.05, 4.69) is 16.7 Å². The van der Waals surface area contributed by atoms with Crippen molar-refractivity contribution in [2.75, 3.05) is 0 Å². The Morgan fingerprint density at radius 3 is 2.08 bits per heavy atom. The van der Waals surface area contributed by atoms with Crippen molar-refractivity contribution in [3.05, 3.63) is 23.4 Å². The van der Waals surface area contributed by atoms with Crippen LogP contribution in [-0.2, 0) is 0 Å². The number of carbonyl (C=O) groups excluding carboxylic acids is 2. The van der Waals surface area contributed by atoms with E-state index in [1.807, 2.05) is 17.9 Å². The molecular weight excluding hydrogens is 326 g/mol. The number of rotatable bonds is 3. The van der Waals surface area contributed by atoms with Gasteiger partial charge in [0, 0.05) is 17.8 Å². The van der Waals surface area contributed by atoms with Gasteiger partial charge in [0.25, 0.3) is 0 Å². The number of urea groups is 2. The van der Waals surface area contributed by atoms with Crippen LogP contribution in [0, 0.1) is 0 Å². The highest BCUT2D eigenvalue weighted by molar-refractivity contribution is 5.94. The van der Waals surface area contributed by atoms with Gasteiger partial charge in [-0.25, -0.2) is 9.59 Å². The van der Waals surface area contributed by atoms with Crippen molar-refractivity contribution >= 4 is 12.1 Å². The second kappa shape index (κ2) is 9.24. The zero-order valence-corrected chi connectivity index (χ0v) is 16.1. The fourth-order valence-electron chi connectivity index (χ4n) is 4.59. The first kappa shape index (κ1) is 19.0. The van der Waals surface area contributed by atoms with Crippen LogP contribution in [0.15, 0.2) is 23.4 Å². The summed E-state index contributed by atoms with van der Waals surface area (Å²) in [5.74, 6) is 0. The second-order valence-corrected chi connectivity index (χ2v) is 8.01. The third-order valence-electron chi connectivity index (χ3n) is 6.07. The number of carbonyl (C=O) groups is 2. The maximum atomic E-state index is 13.0. The smallest absolute Gasteiger partial charge is 0.318 e. The van der Waals surface area contributed by atoms with E-state index in [0.29, 0.717) is 0 Å². The predicted molar refractivity (Wildman–Crippen MR) is 104 cm³/mol. The molecule has 0 saturated heterocycles. The van der Waals surface area contributed by atoms with Crippen LogP contribution in [0.4, 0.5) is 9.59 Å². The Bertz CT molecular complexity index is 552. The summed E-state index contributed by atoms with van der Waals surface area (Å²) < 4.78 is 0. The molecule has 2 saturated carbocycles. The van der Waals surface area contributed by atoms with Gasteiger partial charge < -0.3 is 10.2 Å². The van der Waals surface area contributed by atoms with Gasteiger partial charge in [-0.05, 0) is 57.1 Å². The molecule has 0 radical (unpaired) electrons. The molecule has 4 amide bonds. The minimum Gasteiger partial charge on any atom is -0.318 e. The fraction of sp³-hybridized carbons (Fsp3) is 0.714. The number of hydrogen-bond acceptors (Lipinski definition) is 2. The van der Waals surface area contributed by atoms with Crippen molar-refractivity contribution in [2.24, 2.45) is 0 Å². The molecule has 0 spiro atoms. The van der Waals surface area contributed by atoms with Crippen molar-refractivity contribution in [1.82, 2.24) is 15.5 Å². The maximum absolute atomic E-state index is 13.0. The van der Waals surface area contributed by atoms with Crippen molar-refractivity contribution in [3.63, 3.8) is 0 Å². The third kappa shape index (κ3) is 4.89. The van der Waals surface area contributed by atoms with E-state index in [1.165, 1.54) is 38.5 Å². The van der Waals surface area contributed by atoms with Crippen LogP contribution in [0.1, 0.15) is 84.0 Å². The van der Waals surface area contributed by atoms with Crippen molar-refractivity contribution in [3.8, 4) is 0 Å². The zero-order chi connectivity index (χ0) is 18.4. The highest BCUT2D eigenvalue weighted by Gasteiger charge is 2.33. The fourth-order valence-corrected chi connectivity index (χ4v) is 4.59. The Morgan fingerprint density at radius 1 is 0.962 bits per heavy atom. The molecule has 0 unspecified atom stereocenters. The van der Waals surface area contributed by atoms with E-state index in [0.717, 1.165) is 49.8 Å². The molecule has 5 nitrogen and oxygen atoms in total. The zero-order valence-electron chi connectivity index (χ0n) is 16.1. The predicted octanol–water partition coefficient (Wildman–Crippen LogP) is 5.00. The minimum atomic E-state index is -0.410. The topological polar surface area (TPSA) is 61.4 Å². The molecule has 0 aromatic carbocycles. The van der Waals surface area contributed by atoms with Crippen molar-refractivity contribution in [1.29, 1.82) is 0 Å². The van der Waals surface area contributed by atoms with Crippen LogP contribution in [0.5, 0.6) is 0 Å². The Balaban J connectivity index is 1.64. The maximum Gasteiger partial charge on any atom is 0.327 e. The second-order valence-electron chi connectivity index (χ2n) is 8.01. The third-order valence-corrected chi connectivity index (χ3v) is 6.07. The standard InChI is InChI=1S/C21H33N3O2/c1-16-10-8-9-15-19(16)22-20(25)23-21(26)24(17-11-4-2-5-12-17)18-13-6-3-7-14-18/h9,15,17-18H,2-8,10-14H2,1H3,(H2,22,23,25,26). The summed E-state index contributed by atoms with van der Waals surface area (Å²) in [6, 6.07) is -0.0442. The molecule has 2 fully saturated rings. The first-order valence-electron chi connectivity index (χ1n) is 10.4. The van der Waals surface area contributed by atoms with E-state index < -0.39 is 6.03 Å². The van der Waals surface area contributed by atoms with Gasteiger partial charge in [0.1, 0.15) is 0 Å². The molecule has 0 aliphatic heterocycles. The summed E-state index contributed by atoms with van der Waals surface area (Å²) >= 11 is 0. The van der Waals surface area contributed by atoms with Gasteiger partial charge in [-0.15, -0.1) is 0 Å². The lowest BCUT2D eigenvalue weighted by Gasteiger charge is -2.41. The summed E-state index contributed by atoms with van der Waals surface area (Å²) in [6.45, 7) is 2.03. The van der Waals surface area contributed by atoms with Crippen molar-refractivity contribution in [2.45, 2.75) is 96.1 Å². The number of amides is 4. The highest BCUT2D eigenvalue weighted by Crippen LogP contribution is 2.30. The SMILES string of the molecule is CC1=C(NC(=O)NC(=O)N(C2CCCCC2)C2CCCCC2)C=CCC1. The molecule has 0 heterocycles. The van der Waals surface area contributed by atoms with Crippen LogP contribution >= 0.6 is 0 Å². The Morgan fingerprint density at radius 2 is 1.54 bits per heavy atom. The Labute approximate surface area is 157 Å². The molecule has 3 rings (SSSR count). The summed E-state index contributed by atoms with van der Waals surface area (Å²) in [7, 11) is 0. The van der Waals surface area contributed by atoms with Gasteiger partial charge in [0.2, 0.25) is 0 Å². The first-order valence-corrected chi connectivity index (χ1v) is 10.4. The summed E-state index contributed by atoms with van der Waals surface area (Å²) in [4.78, 5) is 27.4. The number of hydrogen-bond donors (Lipinski definition) is 2. The molecule has 144 valence electrons. The lowest BCUT2D eigenvalue weighted by Crippen LogP contribution is -2.55. The lowest BCUT2D eigenvalue weighted by atomic mass is 9.89. The van der Waals surface area contributed by atoms with Crippen LogP contribution in [0.3, 0.4) is 0 Å². The average Bonchev–Trinajstić information content (AvgIpc) is 2.65. The first-order chi connectivity index (χ1) is 12.6. The normalized spacial score (nSPS) is 22.2. The van der Waals surface area contributed by atoms with Gasteiger partial charge in [0.05, 0.1) is 0 Å². The van der Waals surface area contributed by atoms with Gasteiger partial charge in [-0.3, -0.25) is 5.32 Å². The van der Waals surface area contributed by atoms with Gasteiger partial charge >= 0.3 is 12.1 Å². The molecule has 2 N–H and O–H groups in total. The monoisotopic (exact) mass is 359 g/mol. The van der Waals surface area contributed by atoms with Gasteiger partial charge in [-0.2, -0.15) is 0 Å². The average molecular weight is 360 g/mol. The summed E-state index contributed by atoms with van der Waals surface area (Å²) in [5, 5.41) is 5.47. The molecule has 0 atom stereocenters. The molecule has 0 aromatic heterocycles. The largest absolute Gasteiger partial charge is 0.327 e. The number of nitrogens with one attached hydrogen (secondary N) is 2. The van der Waals surface area contributed by atoms with E-state index in [9.17, 15) is 9.59 Å². The van der Waals surface area contributed by atoms with Crippen LogP contribution in [0.2, 0.25) is 0 Å². The van der Waals surface area contributed by atoms with Gasteiger partial charge in [0.15, 0.2) is 0 Å². The number of imide groups is 1. The van der Waals surface area contributed by atoms with Gasteiger partial charge in [-0.1, -0.05) is 44.6 Å². The van der Waals surface area contributed by atoms with Crippen molar-refractivity contribution < 1.29 is 9.59 Å².